The number of nitro benzene ring substituents is 2. The molecule has 12 heteroatoms. The first kappa shape index (κ1) is 18.9. The van der Waals surface area contributed by atoms with Crippen LogP contribution in [-0.2, 0) is 9.59 Å². The minimum atomic E-state index is -2.27. The molecule has 22 heavy (non-hydrogen) atoms. The fraction of sp³-hybridized carbons (Fsp3) is 0.200. The maximum atomic E-state index is 10.2. The van der Waals surface area contributed by atoms with E-state index in [0.29, 0.717) is 0 Å². The topological polar surface area (TPSA) is 201 Å². The van der Waals surface area contributed by atoms with Crippen molar-refractivity contribution in [3.63, 3.8) is 0 Å². The Kier molecular flexibility index (Phi) is 7.06. The third-order valence-corrected chi connectivity index (χ3v) is 2.08. The van der Waals surface area contributed by atoms with Crippen molar-refractivity contribution in [2.75, 3.05) is 0 Å². The summed E-state index contributed by atoms with van der Waals surface area (Å²) in [5.74, 6) is -3.54. The highest BCUT2D eigenvalue weighted by molar-refractivity contribution is 5.83. The highest BCUT2D eigenvalue weighted by Crippen LogP contribution is 2.24. The molecule has 120 valence electrons. The van der Waals surface area contributed by atoms with Crippen molar-refractivity contribution in [2.24, 2.45) is 0 Å². The van der Waals surface area contributed by atoms with Crippen molar-refractivity contribution in [1.82, 2.24) is 0 Å². The first-order valence-electron chi connectivity index (χ1n) is 5.29. The van der Waals surface area contributed by atoms with Gasteiger partial charge in [0.05, 0.1) is 9.85 Å². The summed E-state index contributed by atoms with van der Waals surface area (Å²) >= 11 is 0. The van der Waals surface area contributed by atoms with Crippen LogP contribution >= 0.6 is 0 Å². The van der Waals surface area contributed by atoms with E-state index in [2.05, 4.69) is 0 Å². The highest BCUT2D eigenvalue weighted by Gasteiger charge is 2.29. The van der Waals surface area contributed by atoms with Gasteiger partial charge in [0.2, 0.25) is 0 Å². The zero-order chi connectivity index (χ0) is 17.4. The van der Waals surface area contributed by atoms with E-state index in [1.165, 1.54) is 12.1 Å². The number of rotatable bonds is 5. The van der Waals surface area contributed by atoms with Crippen molar-refractivity contribution in [1.29, 1.82) is 0 Å². The predicted molar refractivity (Wildman–Crippen MR) is 67.0 cm³/mol. The van der Waals surface area contributed by atoms with E-state index in [1.54, 1.807) is 0 Å². The van der Waals surface area contributed by atoms with E-state index in [9.17, 15) is 29.8 Å². The van der Waals surface area contributed by atoms with Gasteiger partial charge in [-0.2, -0.15) is 0 Å². The quantitative estimate of drug-likeness (QED) is 0.400. The number of benzene rings is 1. The van der Waals surface area contributed by atoms with Crippen LogP contribution in [0.25, 0.3) is 0 Å². The van der Waals surface area contributed by atoms with Crippen molar-refractivity contribution in [3.8, 4) is 0 Å². The van der Waals surface area contributed by atoms with Crippen LogP contribution in [0, 0.1) is 20.2 Å². The molecule has 0 aliphatic carbocycles. The van der Waals surface area contributed by atoms with Crippen LogP contribution < -0.4 is 0 Å². The normalized spacial score (nSPS) is 12.3. The third kappa shape index (κ3) is 5.48. The van der Waals surface area contributed by atoms with Gasteiger partial charge in [0.1, 0.15) is 0 Å². The molecule has 0 saturated heterocycles. The summed E-state index contributed by atoms with van der Waals surface area (Å²) in [7, 11) is 0. The number of carboxylic acid groups (broad SMARTS) is 2. The van der Waals surface area contributed by atoms with E-state index >= 15 is 0 Å². The second kappa shape index (κ2) is 8.23. The molecule has 0 spiro atoms. The summed E-state index contributed by atoms with van der Waals surface area (Å²) in [6.45, 7) is 0. The van der Waals surface area contributed by atoms with Crippen LogP contribution in [0.15, 0.2) is 24.3 Å². The monoisotopic (exact) mass is 318 g/mol. The van der Waals surface area contributed by atoms with Gasteiger partial charge in [-0.3, -0.25) is 20.2 Å². The summed E-state index contributed by atoms with van der Waals surface area (Å²) in [6.07, 6.45) is -4.53. The van der Waals surface area contributed by atoms with Gasteiger partial charge in [0.15, 0.2) is 12.2 Å². The average molecular weight is 318 g/mol. The number of nitrogens with zero attached hydrogens (tertiary/aromatic N) is 2. The summed E-state index contributed by atoms with van der Waals surface area (Å²) in [6, 6.07) is 4.95. The van der Waals surface area contributed by atoms with Crippen molar-refractivity contribution in [2.45, 2.75) is 12.2 Å². The Morgan fingerprint density at radius 2 is 1.14 bits per heavy atom. The highest BCUT2D eigenvalue weighted by atomic mass is 16.6. The Morgan fingerprint density at radius 3 is 1.32 bits per heavy atom. The van der Waals surface area contributed by atoms with E-state index in [1.807, 2.05) is 0 Å². The Morgan fingerprint density at radius 1 is 0.864 bits per heavy atom. The molecular weight excluding hydrogens is 308 g/mol. The number of para-hydroxylation sites is 2. The van der Waals surface area contributed by atoms with Crippen molar-refractivity contribution in [3.05, 3.63) is 44.5 Å². The molecule has 0 heterocycles. The largest absolute Gasteiger partial charge is 0.479 e. The van der Waals surface area contributed by atoms with Crippen LogP contribution in [0.1, 0.15) is 0 Å². The Balaban J connectivity index is 0.000000409. The third-order valence-electron chi connectivity index (χ3n) is 2.08. The lowest BCUT2D eigenvalue weighted by Crippen LogP contribution is -2.39. The standard InChI is InChI=1S/C6H4N2O4.C4H6O6/c9-7(10)5-3-1-2-4-6(5)8(11)12;5-1(3(7)8)2(6)4(9)10/h1-4H;1-2,5-6H,(H,7,8)(H,9,10). The molecule has 0 fully saturated rings. The molecule has 0 amide bonds. The van der Waals surface area contributed by atoms with E-state index < -0.39 is 45.4 Å². The predicted octanol–water partition coefficient (Wildman–Crippen LogP) is -0.620. The fourth-order valence-electron chi connectivity index (χ4n) is 1.04. The van der Waals surface area contributed by atoms with E-state index in [0.717, 1.165) is 12.1 Å². The van der Waals surface area contributed by atoms with Gasteiger partial charge in [-0.1, -0.05) is 12.1 Å². The molecular formula is C10H10N2O10. The van der Waals surface area contributed by atoms with Gasteiger partial charge >= 0.3 is 23.3 Å². The number of aliphatic carboxylic acids is 2. The molecule has 0 radical (unpaired) electrons. The zero-order valence-electron chi connectivity index (χ0n) is 10.6. The van der Waals surface area contributed by atoms with Gasteiger partial charge in [0.25, 0.3) is 0 Å². The number of carboxylic acids is 2. The lowest BCUT2D eigenvalue weighted by Gasteiger charge is -2.07. The van der Waals surface area contributed by atoms with Crippen LogP contribution in [0.4, 0.5) is 11.4 Å². The second-order valence-corrected chi connectivity index (χ2v) is 3.57. The Bertz CT molecular complexity index is 536. The first-order valence-corrected chi connectivity index (χ1v) is 5.29. The van der Waals surface area contributed by atoms with Crippen LogP contribution in [0.2, 0.25) is 0 Å². The summed E-state index contributed by atoms with van der Waals surface area (Å²) in [5, 5.41) is 53.0. The molecule has 1 aromatic carbocycles. The van der Waals surface area contributed by atoms with E-state index in [-0.39, 0.29) is 0 Å². The lowest BCUT2D eigenvalue weighted by molar-refractivity contribution is -0.422. The Hall–Kier alpha value is -3.12. The molecule has 0 aliphatic rings. The number of hydrogen-bond acceptors (Lipinski definition) is 8. The summed E-state index contributed by atoms with van der Waals surface area (Å²) in [5.41, 5.74) is -0.968. The van der Waals surface area contributed by atoms with Gasteiger partial charge < -0.3 is 20.4 Å². The molecule has 1 rings (SSSR count). The molecule has 2 unspecified atom stereocenters. The SMILES string of the molecule is O=C(O)C(O)C(O)C(=O)O.O=[N+]([O-])c1ccccc1[N+](=O)[O-]. The second-order valence-electron chi connectivity index (χ2n) is 3.57. The maximum absolute atomic E-state index is 10.2. The van der Waals surface area contributed by atoms with Crippen molar-refractivity contribution >= 4 is 23.3 Å². The van der Waals surface area contributed by atoms with Gasteiger partial charge in [-0.25, -0.2) is 9.59 Å². The van der Waals surface area contributed by atoms with Gasteiger partial charge in [0, 0.05) is 12.1 Å². The first-order chi connectivity index (χ1) is 10.1. The fourth-order valence-corrected chi connectivity index (χ4v) is 1.04. The summed E-state index contributed by atoms with van der Waals surface area (Å²) < 4.78 is 0. The number of carbonyl (C=O) groups is 2. The van der Waals surface area contributed by atoms with Crippen molar-refractivity contribution < 1.29 is 39.9 Å². The molecule has 0 bridgehead atoms. The van der Waals surface area contributed by atoms with E-state index in [4.69, 9.17) is 20.4 Å². The molecule has 12 nitrogen and oxygen atoms in total. The lowest BCUT2D eigenvalue weighted by atomic mass is 10.2. The number of nitro groups is 2. The number of aliphatic hydroxyl groups excluding tert-OH is 2. The number of hydrogen-bond donors (Lipinski definition) is 4. The van der Waals surface area contributed by atoms with Crippen LogP contribution in [0.5, 0.6) is 0 Å². The summed E-state index contributed by atoms with van der Waals surface area (Å²) in [4.78, 5) is 38.4. The van der Waals surface area contributed by atoms with Crippen LogP contribution in [0.3, 0.4) is 0 Å². The minimum absolute atomic E-state index is 0.484. The molecule has 0 aliphatic heterocycles. The van der Waals surface area contributed by atoms with Crippen LogP contribution in [-0.4, -0.2) is 54.4 Å². The molecule has 2 atom stereocenters. The number of aliphatic hydroxyl groups is 2. The molecule has 4 N–H and O–H groups in total. The smallest absolute Gasteiger partial charge is 0.346 e. The van der Waals surface area contributed by atoms with Gasteiger partial charge in [-0.15, -0.1) is 0 Å². The van der Waals surface area contributed by atoms with Gasteiger partial charge in [-0.05, 0) is 0 Å². The zero-order valence-corrected chi connectivity index (χ0v) is 10.6. The molecule has 0 aromatic heterocycles. The molecule has 0 saturated carbocycles. The maximum Gasteiger partial charge on any atom is 0.346 e. The minimum Gasteiger partial charge on any atom is -0.479 e. The Labute approximate surface area is 121 Å². The average Bonchev–Trinajstić information content (AvgIpc) is 2.45. The molecule has 1 aromatic rings.